The van der Waals surface area contributed by atoms with E-state index < -0.39 is 65.8 Å². The Kier molecular flexibility index (Phi) is 7.98. The van der Waals surface area contributed by atoms with Crippen molar-refractivity contribution < 1.29 is 48.4 Å². The zero-order chi connectivity index (χ0) is 30.6. The molecule has 4 heterocycles. The fourth-order valence-corrected chi connectivity index (χ4v) is 7.63. The minimum atomic E-state index is -1.47. The van der Waals surface area contributed by atoms with Gasteiger partial charge in [-0.2, -0.15) is 5.06 Å². The SMILES string of the molecule is CC(O)C(NC(=O)C12CC3OC(=O)C1N(Cc1cccc(C=CC4CCC5OC5C4)c1)OC2C1OCOC31)C(=O)NCCO. The van der Waals surface area contributed by atoms with Crippen LogP contribution in [-0.4, -0.2) is 108 Å². The molecule has 0 radical (unpaired) electrons. The van der Waals surface area contributed by atoms with Gasteiger partial charge in [-0.25, -0.2) is 0 Å². The predicted molar refractivity (Wildman–Crippen MR) is 151 cm³/mol. The highest BCUT2D eigenvalue weighted by Crippen LogP contribution is 2.55. The van der Waals surface area contributed by atoms with E-state index in [2.05, 4.69) is 22.8 Å². The number of fused-ring (bicyclic) bond motifs is 5. The van der Waals surface area contributed by atoms with Gasteiger partial charge in [0.1, 0.15) is 42.7 Å². The number of ether oxygens (including phenoxy) is 4. The monoisotopic (exact) mass is 613 g/mol. The molecule has 7 rings (SSSR count). The van der Waals surface area contributed by atoms with Crippen molar-refractivity contribution in [1.82, 2.24) is 15.7 Å². The topological polar surface area (TPSA) is 168 Å². The van der Waals surface area contributed by atoms with Crippen LogP contribution in [0.25, 0.3) is 6.08 Å². The van der Waals surface area contributed by atoms with Crippen LogP contribution >= 0.6 is 0 Å². The zero-order valence-corrected chi connectivity index (χ0v) is 24.5. The van der Waals surface area contributed by atoms with Gasteiger partial charge in [-0.05, 0) is 43.2 Å². The van der Waals surface area contributed by atoms with Crippen LogP contribution in [0.5, 0.6) is 0 Å². The molecule has 2 bridgehead atoms. The Bertz CT molecular complexity index is 1320. The van der Waals surface area contributed by atoms with Crippen molar-refractivity contribution in [3.8, 4) is 0 Å². The number of benzene rings is 1. The first-order valence-corrected chi connectivity index (χ1v) is 15.5. The Balaban J connectivity index is 1.15. The summed E-state index contributed by atoms with van der Waals surface area (Å²) in [5.74, 6) is -1.43. The van der Waals surface area contributed by atoms with Gasteiger partial charge in [0.05, 0.1) is 31.5 Å². The van der Waals surface area contributed by atoms with Crippen molar-refractivity contribution in [3.63, 3.8) is 0 Å². The molecule has 2 aliphatic carbocycles. The third-order valence-electron chi connectivity index (χ3n) is 9.85. The molecule has 0 spiro atoms. The van der Waals surface area contributed by atoms with E-state index in [1.54, 1.807) is 0 Å². The molecule has 4 N–H and O–H groups in total. The lowest BCUT2D eigenvalue weighted by molar-refractivity contribution is -0.201. The Morgan fingerprint density at radius 2 is 2.02 bits per heavy atom. The number of rotatable bonds is 10. The van der Waals surface area contributed by atoms with Gasteiger partial charge < -0.3 is 39.8 Å². The first-order valence-electron chi connectivity index (χ1n) is 15.5. The number of amides is 2. The highest BCUT2D eigenvalue weighted by Gasteiger charge is 2.74. The normalized spacial score (nSPS) is 38.4. The van der Waals surface area contributed by atoms with Gasteiger partial charge in [0.2, 0.25) is 11.8 Å². The van der Waals surface area contributed by atoms with Crippen LogP contribution in [-0.2, 0) is 44.7 Å². The summed E-state index contributed by atoms with van der Waals surface area (Å²) in [5.41, 5.74) is 0.411. The van der Waals surface area contributed by atoms with E-state index in [0.717, 1.165) is 30.4 Å². The van der Waals surface area contributed by atoms with Crippen molar-refractivity contribution >= 4 is 23.9 Å². The molecule has 0 aromatic heterocycles. The second-order valence-electron chi connectivity index (χ2n) is 12.7. The second-order valence-corrected chi connectivity index (χ2v) is 12.7. The number of aliphatic hydroxyl groups excluding tert-OH is 2. The van der Waals surface area contributed by atoms with E-state index in [0.29, 0.717) is 18.1 Å². The first kappa shape index (κ1) is 29.8. The summed E-state index contributed by atoms with van der Waals surface area (Å²) in [4.78, 5) is 47.1. The maximum atomic E-state index is 14.3. The number of hydrogen-bond donors (Lipinski definition) is 4. The van der Waals surface area contributed by atoms with Crippen molar-refractivity contribution in [2.45, 2.75) is 94.0 Å². The average molecular weight is 614 g/mol. The zero-order valence-electron chi connectivity index (χ0n) is 24.5. The Hall–Kier alpha value is -2.91. The van der Waals surface area contributed by atoms with Crippen molar-refractivity contribution in [1.29, 1.82) is 0 Å². The number of allylic oxidation sites excluding steroid dienone is 1. The summed E-state index contributed by atoms with van der Waals surface area (Å²) >= 11 is 0. The fraction of sp³-hybridized carbons (Fsp3) is 0.645. The molecule has 4 aliphatic heterocycles. The molecular weight excluding hydrogens is 574 g/mol. The number of nitrogens with zero attached hydrogens (tertiary/aromatic N) is 1. The van der Waals surface area contributed by atoms with E-state index in [9.17, 15) is 19.5 Å². The lowest BCUT2D eigenvalue weighted by atomic mass is 9.62. The first-order chi connectivity index (χ1) is 21.3. The van der Waals surface area contributed by atoms with Gasteiger partial charge in [0.25, 0.3) is 0 Å². The van der Waals surface area contributed by atoms with Crippen molar-refractivity contribution in [2.24, 2.45) is 11.3 Å². The van der Waals surface area contributed by atoms with E-state index in [1.807, 2.05) is 24.3 Å². The Morgan fingerprint density at radius 1 is 1.18 bits per heavy atom. The fourth-order valence-electron chi connectivity index (χ4n) is 7.63. The van der Waals surface area contributed by atoms with Gasteiger partial charge in [0.15, 0.2) is 6.04 Å². The number of hydroxylamine groups is 2. The van der Waals surface area contributed by atoms with Crippen LogP contribution < -0.4 is 10.6 Å². The van der Waals surface area contributed by atoms with Crippen LogP contribution in [0, 0.1) is 11.3 Å². The van der Waals surface area contributed by atoms with E-state index in [4.69, 9.17) is 28.9 Å². The van der Waals surface area contributed by atoms with Gasteiger partial charge in [-0.3, -0.25) is 19.2 Å². The molecule has 2 saturated carbocycles. The lowest BCUT2D eigenvalue weighted by Crippen LogP contribution is -2.71. The van der Waals surface area contributed by atoms with E-state index in [-0.39, 0.29) is 32.9 Å². The molecule has 13 nitrogen and oxygen atoms in total. The lowest BCUT2D eigenvalue weighted by Gasteiger charge is -2.49. The molecule has 11 unspecified atom stereocenters. The highest BCUT2D eigenvalue weighted by molar-refractivity contribution is 5.96. The number of carbonyl (C=O) groups excluding carboxylic acids is 3. The minimum absolute atomic E-state index is 0.0334. The van der Waals surface area contributed by atoms with Gasteiger partial charge in [-0.1, -0.05) is 36.4 Å². The molecule has 1 aromatic rings. The van der Waals surface area contributed by atoms with Gasteiger partial charge in [0, 0.05) is 13.0 Å². The molecule has 4 saturated heterocycles. The third-order valence-corrected chi connectivity index (χ3v) is 9.85. The molecule has 44 heavy (non-hydrogen) atoms. The van der Waals surface area contributed by atoms with Gasteiger partial charge >= 0.3 is 5.97 Å². The Morgan fingerprint density at radius 3 is 2.82 bits per heavy atom. The molecular formula is C31H39N3O10. The largest absolute Gasteiger partial charge is 0.458 e. The number of carbonyl (C=O) groups is 3. The predicted octanol–water partition coefficient (Wildman–Crippen LogP) is -0.217. The number of hydrogen-bond acceptors (Lipinski definition) is 11. The second kappa shape index (κ2) is 11.8. The van der Waals surface area contributed by atoms with Gasteiger partial charge in [-0.15, -0.1) is 0 Å². The molecule has 238 valence electrons. The average Bonchev–Trinajstić information content (AvgIpc) is 3.44. The van der Waals surface area contributed by atoms with Crippen LogP contribution in [0.15, 0.2) is 30.3 Å². The molecule has 1 aromatic carbocycles. The van der Waals surface area contributed by atoms with E-state index in [1.165, 1.54) is 12.0 Å². The summed E-state index contributed by atoms with van der Waals surface area (Å²) < 4.78 is 23.1. The molecule has 6 fully saturated rings. The maximum absolute atomic E-state index is 14.3. The quantitative estimate of drug-likeness (QED) is 0.203. The summed E-state index contributed by atoms with van der Waals surface area (Å²) in [5, 5.41) is 26.2. The molecule has 11 atom stereocenters. The number of esters is 1. The highest BCUT2D eigenvalue weighted by atomic mass is 16.8. The summed E-state index contributed by atoms with van der Waals surface area (Å²) in [7, 11) is 0. The maximum Gasteiger partial charge on any atom is 0.327 e. The van der Waals surface area contributed by atoms with Crippen LogP contribution in [0.1, 0.15) is 43.7 Å². The number of nitrogens with one attached hydrogen (secondary N) is 2. The minimum Gasteiger partial charge on any atom is -0.458 e. The Labute approximate surface area is 254 Å². The molecule has 13 heteroatoms. The molecule has 2 amide bonds. The van der Waals surface area contributed by atoms with E-state index >= 15 is 0 Å². The number of epoxide rings is 1. The van der Waals surface area contributed by atoms with Crippen LogP contribution in [0.2, 0.25) is 0 Å². The summed E-state index contributed by atoms with van der Waals surface area (Å²) in [6.07, 6.45) is 4.39. The third kappa shape index (κ3) is 5.23. The standard InChI is InChI=1S/C31H39N3O10/c1-16(36)23(28(37)32-9-10-35)33-30(39)31-13-22-24-25(41-15-40-24)27(31)44-34(26(31)29(38)43-22)14-19-4-2-3-17(11-19)5-6-18-7-8-20-21(12-18)42-20/h2-6,11,16,18,20-27,35-36H,7-10,12-15H2,1H3,(H,32,37)(H,33,39). The van der Waals surface area contributed by atoms with Crippen LogP contribution in [0.4, 0.5) is 0 Å². The van der Waals surface area contributed by atoms with Crippen molar-refractivity contribution in [3.05, 3.63) is 41.5 Å². The van der Waals surface area contributed by atoms with Crippen molar-refractivity contribution in [2.75, 3.05) is 19.9 Å². The summed E-state index contributed by atoms with van der Waals surface area (Å²) in [6.45, 7) is 1.19. The summed E-state index contributed by atoms with van der Waals surface area (Å²) in [6, 6.07) is 5.47. The van der Waals surface area contributed by atoms with Crippen LogP contribution in [0.3, 0.4) is 0 Å². The smallest absolute Gasteiger partial charge is 0.327 e. The number of aliphatic hydroxyl groups is 2. The molecule has 6 aliphatic rings.